The van der Waals surface area contributed by atoms with Crippen LogP contribution in [-0.2, 0) is 16.1 Å². The lowest BCUT2D eigenvalue weighted by Gasteiger charge is -2.26. The molecule has 180 valence electrons. The van der Waals surface area contributed by atoms with Gasteiger partial charge in [-0.05, 0) is 66.9 Å². The summed E-state index contributed by atoms with van der Waals surface area (Å²) in [5, 5.41) is 21.5. The monoisotopic (exact) mass is 474 g/mol. The van der Waals surface area contributed by atoms with Crippen molar-refractivity contribution in [2.75, 3.05) is 13.7 Å². The first-order chi connectivity index (χ1) is 16.8. The minimum absolute atomic E-state index is 0.0414. The molecule has 1 aliphatic rings. The molecule has 8 heteroatoms. The number of likely N-dealkylation sites (tertiary alicyclic amines) is 1. The van der Waals surface area contributed by atoms with Crippen molar-refractivity contribution in [2.24, 2.45) is 0 Å². The number of hydrogen-bond acceptors (Lipinski definition) is 7. The van der Waals surface area contributed by atoms with Crippen LogP contribution in [0, 0.1) is 6.92 Å². The molecule has 4 rings (SSSR count). The number of nitrogens with zero attached hydrogens (tertiary/aromatic N) is 2. The van der Waals surface area contributed by atoms with Gasteiger partial charge in [0.05, 0.1) is 25.3 Å². The lowest BCUT2D eigenvalue weighted by atomic mass is 9.93. The summed E-state index contributed by atoms with van der Waals surface area (Å²) in [5.41, 5.74) is 2.30. The molecule has 3 aromatic rings. The van der Waals surface area contributed by atoms with E-state index in [4.69, 9.17) is 9.47 Å². The normalized spacial score (nSPS) is 17.0. The Morgan fingerprint density at radius 2 is 1.94 bits per heavy atom. The van der Waals surface area contributed by atoms with Crippen molar-refractivity contribution in [3.8, 4) is 17.2 Å². The number of Topliss-reactive ketones (excluding diaryl/α,β-unsaturated/α-hetero) is 1. The molecule has 0 radical (unpaired) electrons. The fourth-order valence-corrected chi connectivity index (χ4v) is 4.22. The number of methoxy groups -OCH3 is 1. The zero-order valence-corrected chi connectivity index (χ0v) is 19.7. The number of phenolic OH excluding ortho intramolecular Hbond substituents is 1. The Kier molecular flexibility index (Phi) is 6.73. The smallest absolute Gasteiger partial charge is 0.295 e. The number of phenols is 1. The van der Waals surface area contributed by atoms with Crippen LogP contribution in [0.3, 0.4) is 0 Å². The van der Waals surface area contributed by atoms with Crippen LogP contribution in [0.1, 0.15) is 35.2 Å². The van der Waals surface area contributed by atoms with Crippen LogP contribution >= 0.6 is 0 Å². The number of aliphatic hydroxyl groups is 1. The summed E-state index contributed by atoms with van der Waals surface area (Å²) >= 11 is 0. The summed E-state index contributed by atoms with van der Waals surface area (Å²) in [6, 6.07) is 12.4. The maximum atomic E-state index is 13.3. The Morgan fingerprint density at radius 1 is 1.14 bits per heavy atom. The van der Waals surface area contributed by atoms with Crippen molar-refractivity contribution >= 4 is 17.4 Å². The predicted molar refractivity (Wildman–Crippen MR) is 129 cm³/mol. The minimum Gasteiger partial charge on any atom is -0.507 e. The molecule has 1 fully saturated rings. The van der Waals surface area contributed by atoms with Crippen molar-refractivity contribution in [1.29, 1.82) is 0 Å². The highest BCUT2D eigenvalue weighted by Gasteiger charge is 2.46. The first-order valence-electron chi connectivity index (χ1n) is 11.1. The van der Waals surface area contributed by atoms with Gasteiger partial charge in [-0.2, -0.15) is 0 Å². The number of rotatable bonds is 7. The molecule has 1 aromatic heterocycles. The zero-order chi connectivity index (χ0) is 25.1. The summed E-state index contributed by atoms with van der Waals surface area (Å²) in [6.07, 6.45) is 3.24. The average molecular weight is 475 g/mol. The van der Waals surface area contributed by atoms with E-state index in [9.17, 15) is 19.8 Å². The zero-order valence-electron chi connectivity index (χ0n) is 19.7. The Balaban J connectivity index is 1.90. The molecule has 2 heterocycles. The van der Waals surface area contributed by atoms with Crippen molar-refractivity contribution in [3.63, 3.8) is 0 Å². The van der Waals surface area contributed by atoms with Gasteiger partial charge in [-0.15, -0.1) is 0 Å². The molecular weight excluding hydrogens is 448 g/mol. The van der Waals surface area contributed by atoms with Gasteiger partial charge < -0.3 is 24.6 Å². The highest BCUT2D eigenvalue weighted by Crippen LogP contribution is 2.43. The second-order valence-corrected chi connectivity index (χ2v) is 8.13. The summed E-state index contributed by atoms with van der Waals surface area (Å²) in [5.74, 6) is -1.06. The number of carbonyl (C=O) groups excluding carboxylic acids is 2. The van der Waals surface area contributed by atoms with Crippen LogP contribution in [0.4, 0.5) is 0 Å². The Morgan fingerprint density at radius 3 is 2.60 bits per heavy atom. The SMILES string of the molecule is CCOc1cc([C@@H]2C(=C(O)c3ccc(OC)cc3C)C(=O)C(=O)N2Cc2cccnc2)ccc1O. The highest BCUT2D eigenvalue weighted by molar-refractivity contribution is 6.46. The molecule has 0 spiro atoms. The molecule has 35 heavy (non-hydrogen) atoms. The van der Waals surface area contributed by atoms with Gasteiger partial charge in [0, 0.05) is 24.5 Å². The van der Waals surface area contributed by atoms with Crippen LogP contribution in [-0.4, -0.2) is 45.5 Å². The number of ketones is 1. The standard InChI is InChI=1S/C27H26N2O6/c1-4-35-22-13-18(7-10-21(22)30)24-23(25(31)20-9-8-19(34-3)12-16(20)2)26(32)27(33)29(24)15-17-6-5-11-28-14-17/h5-14,24,30-31H,4,15H2,1-3H3/t24-/m1/s1. The van der Waals surface area contributed by atoms with Crippen LogP contribution in [0.5, 0.6) is 17.2 Å². The second kappa shape index (κ2) is 9.89. The molecule has 2 aromatic carbocycles. The quantitative estimate of drug-likeness (QED) is 0.301. The number of aromatic hydroxyl groups is 1. The maximum Gasteiger partial charge on any atom is 0.295 e. The van der Waals surface area contributed by atoms with Crippen molar-refractivity contribution in [3.05, 3.63) is 88.8 Å². The largest absolute Gasteiger partial charge is 0.507 e. The number of pyridine rings is 1. The van der Waals surface area contributed by atoms with Gasteiger partial charge in [-0.3, -0.25) is 14.6 Å². The van der Waals surface area contributed by atoms with E-state index in [1.165, 1.54) is 11.0 Å². The molecule has 8 nitrogen and oxygen atoms in total. The lowest BCUT2D eigenvalue weighted by Crippen LogP contribution is -2.29. The van der Waals surface area contributed by atoms with Gasteiger partial charge in [0.1, 0.15) is 11.5 Å². The fourth-order valence-electron chi connectivity index (χ4n) is 4.22. The number of ether oxygens (including phenoxy) is 2. The van der Waals surface area contributed by atoms with E-state index in [1.54, 1.807) is 75.8 Å². The van der Waals surface area contributed by atoms with Crippen LogP contribution in [0.25, 0.3) is 5.76 Å². The topological polar surface area (TPSA) is 109 Å². The third kappa shape index (κ3) is 4.55. The van der Waals surface area contributed by atoms with E-state index in [1.807, 2.05) is 0 Å². The van der Waals surface area contributed by atoms with Crippen molar-refractivity contribution < 1.29 is 29.3 Å². The number of carbonyl (C=O) groups is 2. The highest BCUT2D eigenvalue weighted by atomic mass is 16.5. The molecule has 0 bridgehead atoms. The van der Waals surface area contributed by atoms with Crippen LogP contribution in [0.15, 0.2) is 66.5 Å². The van der Waals surface area contributed by atoms with Crippen molar-refractivity contribution in [2.45, 2.75) is 26.4 Å². The van der Waals surface area contributed by atoms with Gasteiger partial charge in [0.15, 0.2) is 11.5 Å². The molecular formula is C27H26N2O6. The summed E-state index contributed by atoms with van der Waals surface area (Å²) in [6.45, 7) is 3.99. The van der Waals surface area contributed by atoms with Gasteiger partial charge in [-0.25, -0.2) is 0 Å². The molecule has 0 aliphatic carbocycles. The molecule has 1 amide bonds. The molecule has 0 saturated carbocycles. The van der Waals surface area contributed by atoms with Crippen LogP contribution < -0.4 is 9.47 Å². The molecule has 1 atom stereocenters. The van der Waals surface area contributed by atoms with E-state index in [2.05, 4.69) is 4.98 Å². The van der Waals surface area contributed by atoms with E-state index >= 15 is 0 Å². The first kappa shape index (κ1) is 23.8. The molecule has 0 unspecified atom stereocenters. The lowest BCUT2D eigenvalue weighted by molar-refractivity contribution is -0.140. The third-order valence-electron chi connectivity index (χ3n) is 5.90. The number of aliphatic hydroxyl groups excluding tert-OH is 1. The first-order valence-corrected chi connectivity index (χ1v) is 11.1. The van der Waals surface area contributed by atoms with Gasteiger partial charge >= 0.3 is 0 Å². The number of benzene rings is 2. The molecule has 1 aliphatic heterocycles. The van der Waals surface area contributed by atoms with E-state index in [0.29, 0.717) is 29.0 Å². The van der Waals surface area contributed by atoms with Gasteiger partial charge in [0.2, 0.25) is 0 Å². The van der Waals surface area contributed by atoms with Gasteiger partial charge in [0.25, 0.3) is 11.7 Å². The minimum atomic E-state index is -0.906. The van der Waals surface area contributed by atoms with E-state index in [-0.39, 0.29) is 29.4 Å². The van der Waals surface area contributed by atoms with E-state index in [0.717, 1.165) is 5.56 Å². The Bertz CT molecular complexity index is 1300. The predicted octanol–water partition coefficient (Wildman–Crippen LogP) is 4.12. The fraction of sp³-hybridized carbons (Fsp3) is 0.222. The van der Waals surface area contributed by atoms with Crippen molar-refractivity contribution in [1.82, 2.24) is 9.88 Å². The van der Waals surface area contributed by atoms with Gasteiger partial charge in [-0.1, -0.05) is 12.1 Å². The second-order valence-electron chi connectivity index (χ2n) is 8.13. The van der Waals surface area contributed by atoms with E-state index < -0.39 is 17.7 Å². The number of amides is 1. The number of hydrogen-bond donors (Lipinski definition) is 2. The van der Waals surface area contributed by atoms with Crippen LogP contribution in [0.2, 0.25) is 0 Å². The summed E-state index contributed by atoms with van der Waals surface area (Å²) in [7, 11) is 1.54. The Labute approximate surface area is 203 Å². The summed E-state index contributed by atoms with van der Waals surface area (Å²) in [4.78, 5) is 32.0. The third-order valence-corrected chi connectivity index (χ3v) is 5.90. The number of aryl methyl sites for hydroxylation is 1. The Hall–Kier alpha value is -4.33. The summed E-state index contributed by atoms with van der Waals surface area (Å²) < 4.78 is 10.8. The number of aromatic nitrogens is 1. The average Bonchev–Trinajstić information content (AvgIpc) is 3.10. The molecule has 2 N–H and O–H groups in total. The molecule has 1 saturated heterocycles. The maximum absolute atomic E-state index is 13.3.